The quantitative estimate of drug-likeness (QED) is 0.106. The highest BCUT2D eigenvalue weighted by Crippen LogP contribution is 2.19. The molecule has 4 heteroatoms. The first-order chi connectivity index (χ1) is 21.8. The molecule has 228 valence electrons. The van der Waals surface area contributed by atoms with Gasteiger partial charge >= 0.3 is 0 Å². The fourth-order valence-corrected chi connectivity index (χ4v) is 6.62. The van der Waals surface area contributed by atoms with Gasteiger partial charge in [-0.2, -0.15) is 0 Å². The predicted molar refractivity (Wildman–Crippen MR) is 187 cm³/mol. The molecule has 0 bridgehead atoms. The summed E-state index contributed by atoms with van der Waals surface area (Å²) in [4.78, 5) is 0. The molecule has 1 saturated heterocycles. The van der Waals surface area contributed by atoms with Crippen LogP contribution < -0.4 is 21.3 Å². The van der Waals surface area contributed by atoms with Crippen LogP contribution in [0.3, 0.4) is 0 Å². The Hall–Kier alpha value is -3.54. The number of rotatable bonds is 15. The second kappa shape index (κ2) is 16.0. The van der Waals surface area contributed by atoms with Crippen molar-refractivity contribution in [3.05, 3.63) is 132 Å². The largest absolute Gasteiger partial charge is 0.317 e. The normalized spacial score (nSPS) is 15.5. The minimum atomic E-state index is 0.340. The van der Waals surface area contributed by atoms with Gasteiger partial charge in [0.05, 0.1) is 0 Å². The van der Waals surface area contributed by atoms with E-state index in [2.05, 4.69) is 137 Å². The summed E-state index contributed by atoms with van der Waals surface area (Å²) in [5, 5.41) is 20.6. The van der Waals surface area contributed by atoms with Crippen molar-refractivity contribution < 1.29 is 0 Å². The third-order valence-corrected chi connectivity index (χ3v) is 9.22. The number of hydrogen-bond donors (Lipinski definition) is 4. The van der Waals surface area contributed by atoms with E-state index in [1.54, 1.807) is 0 Å². The molecule has 5 aromatic carbocycles. The van der Waals surface area contributed by atoms with Crippen LogP contribution in [0.2, 0.25) is 0 Å². The van der Waals surface area contributed by atoms with Gasteiger partial charge in [0.25, 0.3) is 0 Å². The van der Waals surface area contributed by atoms with Gasteiger partial charge in [-0.25, -0.2) is 0 Å². The number of benzene rings is 5. The molecule has 0 aliphatic carbocycles. The van der Waals surface area contributed by atoms with Crippen molar-refractivity contribution in [2.24, 2.45) is 5.92 Å². The molecule has 2 atom stereocenters. The van der Waals surface area contributed by atoms with Crippen LogP contribution >= 0.6 is 0 Å². The third kappa shape index (κ3) is 8.99. The maximum Gasteiger partial charge on any atom is 0.0233 e. The Bertz CT molecular complexity index is 1580. The smallest absolute Gasteiger partial charge is 0.0233 e. The van der Waals surface area contributed by atoms with Crippen LogP contribution in [0.1, 0.15) is 29.5 Å². The highest BCUT2D eigenvalue weighted by molar-refractivity contribution is 5.83. The summed E-state index contributed by atoms with van der Waals surface area (Å²) >= 11 is 0. The zero-order valence-corrected chi connectivity index (χ0v) is 26.0. The van der Waals surface area contributed by atoms with Gasteiger partial charge in [0.15, 0.2) is 0 Å². The molecule has 1 aliphatic heterocycles. The highest BCUT2D eigenvalue weighted by atomic mass is 15.0. The molecule has 4 N–H and O–H groups in total. The lowest BCUT2D eigenvalue weighted by Crippen LogP contribution is -2.49. The second-order valence-corrected chi connectivity index (χ2v) is 12.6. The Morgan fingerprint density at radius 1 is 0.568 bits per heavy atom. The van der Waals surface area contributed by atoms with E-state index in [-0.39, 0.29) is 0 Å². The van der Waals surface area contributed by atoms with Gasteiger partial charge in [0.1, 0.15) is 0 Å². The van der Waals surface area contributed by atoms with Gasteiger partial charge in [0.2, 0.25) is 0 Å². The highest BCUT2D eigenvalue weighted by Gasteiger charge is 2.18. The molecule has 0 radical (unpaired) electrons. The molecule has 1 heterocycles. The Balaban J connectivity index is 1.13. The SMILES string of the molecule is c1ccc(CCNCC(Cc2ccc3ccccc3c2)NC[C@@H](Cc2ccc3ccccc3c2)NCC2CCNCC2)cc1. The number of fused-ring (bicyclic) bond motifs is 2. The van der Waals surface area contributed by atoms with Gasteiger partial charge in [0, 0.05) is 25.2 Å². The number of nitrogens with one attached hydrogen (secondary N) is 4. The average molecular weight is 585 g/mol. The summed E-state index contributed by atoms with van der Waals surface area (Å²) < 4.78 is 0. The van der Waals surface area contributed by atoms with Crippen LogP contribution in [0.25, 0.3) is 21.5 Å². The molecule has 1 unspecified atom stereocenters. The summed E-state index contributed by atoms with van der Waals surface area (Å²) in [7, 11) is 0. The predicted octanol–water partition coefficient (Wildman–Crippen LogP) is 6.53. The summed E-state index contributed by atoms with van der Waals surface area (Å²) in [6, 6.07) is 42.8. The molecule has 44 heavy (non-hydrogen) atoms. The number of piperidine rings is 1. The molecule has 4 nitrogen and oxygen atoms in total. The van der Waals surface area contributed by atoms with Crippen LogP contribution in [0, 0.1) is 5.92 Å². The molecule has 0 amide bonds. The lowest BCUT2D eigenvalue weighted by atomic mass is 9.96. The molecule has 6 rings (SSSR count). The Kier molecular flexibility index (Phi) is 11.1. The van der Waals surface area contributed by atoms with Crippen molar-refractivity contribution in [2.75, 3.05) is 39.3 Å². The van der Waals surface area contributed by atoms with Crippen LogP contribution in [0.4, 0.5) is 0 Å². The van der Waals surface area contributed by atoms with E-state index < -0.39 is 0 Å². The summed E-state index contributed by atoms with van der Waals surface area (Å²) in [6.45, 7) is 6.23. The minimum absolute atomic E-state index is 0.340. The summed E-state index contributed by atoms with van der Waals surface area (Å²) in [5.41, 5.74) is 4.18. The fourth-order valence-electron chi connectivity index (χ4n) is 6.62. The monoisotopic (exact) mass is 584 g/mol. The van der Waals surface area contributed by atoms with Crippen LogP contribution in [-0.2, 0) is 19.3 Å². The minimum Gasteiger partial charge on any atom is -0.317 e. The molecule has 0 spiro atoms. The molecule has 1 fully saturated rings. The summed E-state index contributed by atoms with van der Waals surface area (Å²) in [5.74, 6) is 0.753. The Morgan fingerprint density at radius 2 is 1.14 bits per heavy atom. The van der Waals surface area contributed by atoms with Crippen LogP contribution in [-0.4, -0.2) is 51.4 Å². The first kappa shape index (κ1) is 30.5. The topological polar surface area (TPSA) is 48.1 Å². The fraction of sp³-hybridized carbons (Fsp3) is 0.350. The summed E-state index contributed by atoms with van der Waals surface area (Å²) in [6.07, 6.45) is 5.59. The van der Waals surface area contributed by atoms with E-state index in [0.29, 0.717) is 12.1 Å². The van der Waals surface area contributed by atoms with E-state index >= 15 is 0 Å². The van der Waals surface area contributed by atoms with E-state index in [1.165, 1.54) is 51.1 Å². The van der Waals surface area contributed by atoms with Gasteiger partial charge in [-0.3, -0.25) is 0 Å². The Morgan fingerprint density at radius 3 is 1.77 bits per heavy atom. The van der Waals surface area contributed by atoms with Gasteiger partial charge in [-0.1, -0.05) is 115 Å². The molecular weight excluding hydrogens is 536 g/mol. The van der Waals surface area contributed by atoms with Crippen molar-refractivity contribution >= 4 is 21.5 Å². The van der Waals surface area contributed by atoms with Crippen molar-refractivity contribution in [1.29, 1.82) is 0 Å². The number of hydrogen-bond acceptors (Lipinski definition) is 4. The third-order valence-electron chi connectivity index (χ3n) is 9.22. The standard InChI is InChI=1S/C40H48N4/c1-2-8-31(9-3-1)18-23-42-29-39(26-33-14-16-35-10-4-6-12-37(35)24-33)44-30-40(43-28-32-19-21-41-22-20-32)27-34-15-17-36-11-5-7-13-38(36)25-34/h1-17,24-25,32,39-44H,18-23,26-30H2/t39?,40-/m1/s1. The van der Waals surface area contributed by atoms with Gasteiger partial charge < -0.3 is 21.3 Å². The molecule has 1 aliphatic rings. The van der Waals surface area contributed by atoms with Crippen LogP contribution in [0.5, 0.6) is 0 Å². The van der Waals surface area contributed by atoms with E-state index in [9.17, 15) is 0 Å². The average Bonchev–Trinajstić information content (AvgIpc) is 3.08. The lowest BCUT2D eigenvalue weighted by Gasteiger charge is -2.28. The van der Waals surface area contributed by atoms with Crippen LogP contribution in [0.15, 0.2) is 115 Å². The lowest BCUT2D eigenvalue weighted by molar-refractivity contribution is 0.328. The molecule has 0 saturated carbocycles. The van der Waals surface area contributed by atoms with Crippen molar-refractivity contribution in [2.45, 2.75) is 44.2 Å². The first-order valence-corrected chi connectivity index (χ1v) is 16.7. The van der Waals surface area contributed by atoms with E-state index in [4.69, 9.17) is 0 Å². The molecular formula is C40H48N4. The zero-order valence-electron chi connectivity index (χ0n) is 26.0. The van der Waals surface area contributed by atoms with Crippen molar-refractivity contribution in [3.63, 3.8) is 0 Å². The maximum absolute atomic E-state index is 4.02. The first-order valence-electron chi connectivity index (χ1n) is 16.7. The Labute approximate surface area is 263 Å². The van der Waals surface area contributed by atoms with E-state index in [0.717, 1.165) is 64.4 Å². The van der Waals surface area contributed by atoms with Crippen molar-refractivity contribution in [3.8, 4) is 0 Å². The van der Waals surface area contributed by atoms with E-state index in [1.807, 2.05) is 0 Å². The maximum atomic E-state index is 4.02. The van der Waals surface area contributed by atoms with Gasteiger partial charge in [-0.15, -0.1) is 0 Å². The van der Waals surface area contributed by atoms with Gasteiger partial charge in [-0.05, 0) is 102 Å². The zero-order chi connectivity index (χ0) is 29.8. The molecule has 0 aromatic heterocycles. The molecule has 5 aromatic rings. The van der Waals surface area contributed by atoms with Crippen molar-refractivity contribution in [1.82, 2.24) is 21.3 Å². The second-order valence-electron chi connectivity index (χ2n) is 12.6.